The number of carbonyl (C=O) groups excluding carboxylic acids is 1. The fraction of sp³-hybridized carbons (Fsp3) is 0.889. The lowest BCUT2D eigenvalue weighted by molar-refractivity contribution is -0.0956. The summed E-state index contributed by atoms with van der Waals surface area (Å²) < 4.78 is 37.5. The molecule has 1 fully saturated rings. The minimum absolute atomic E-state index is 0.303. The monoisotopic (exact) mass is 267 g/mol. The SMILES string of the molecule is COC(=O)O[C@@H]1C(N)C[C@@H](C)OC1S(C)(=O)=O. The molecule has 1 aliphatic rings. The molecule has 4 atom stereocenters. The van der Waals surface area contributed by atoms with Crippen LogP contribution in [0.4, 0.5) is 4.79 Å². The van der Waals surface area contributed by atoms with Gasteiger partial charge in [-0.15, -0.1) is 0 Å². The maximum atomic E-state index is 11.5. The Morgan fingerprint density at radius 2 is 2.06 bits per heavy atom. The van der Waals surface area contributed by atoms with E-state index in [1.807, 2.05) is 0 Å². The normalized spacial score (nSPS) is 34.1. The highest BCUT2D eigenvalue weighted by Crippen LogP contribution is 2.25. The first-order chi connectivity index (χ1) is 7.75. The Balaban J connectivity index is 2.91. The summed E-state index contributed by atoms with van der Waals surface area (Å²) in [6.45, 7) is 1.71. The Morgan fingerprint density at radius 3 is 2.53 bits per heavy atom. The molecule has 1 heterocycles. The minimum Gasteiger partial charge on any atom is -0.438 e. The van der Waals surface area contributed by atoms with E-state index in [0.29, 0.717) is 6.42 Å². The molecule has 0 bridgehead atoms. The third-order valence-corrected chi connectivity index (χ3v) is 3.71. The van der Waals surface area contributed by atoms with Crippen LogP contribution in [-0.2, 0) is 24.0 Å². The largest absolute Gasteiger partial charge is 0.508 e. The van der Waals surface area contributed by atoms with Crippen LogP contribution in [0, 0.1) is 0 Å². The Labute approximate surface area is 100 Å². The molecule has 0 aromatic heterocycles. The average molecular weight is 267 g/mol. The number of nitrogens with two attached hydrogens (primary N) is 1. The number of carbonyl (C=O) groups is 1. The van der Waals surface area contributed by atoms with Crippen LogP contribution in [0.15, 0.2) is 0 Å². The molecule has 0 radical (unpaired) electrons. The Morgan fingerprint density at radius 1 is 1.47 bits per heavy atom. The van der Waals surface area contributed by atoms with E-state index in [2.05, 4.69) is 4.74 Å². The van der Waals surface area contributed by atoms with Gasteiger partial charge in [0, 0.05) is 12.3 Å². The van der Waals surface area contributed by atoms with E-state index in [1.54, 1.807) is 6.92 Å². The molecule has 0 aliphatic carbocycles. The van der Waals surface area contributed by atoms with Crippen molar-refractivity contribution in [3.63, 3.8) is 0 Å². The van der Waals surface area contributed by atoms with Crippen LogP contribution in [0.3, 0.4) is 0 Å². The maximum Gasteiger partial charge on any atom is 0.508 e. The number of rotatable bonds is 2. The third-order valence-electron chi connectivity index (χ3n) is 2.48. The first kappa shape index (κ1) is 14.2. The van der Waals surface area contributed by atoms with E-state index >= 15 is 0 Å². The second-order valence-corrected chi connectivity index (χ2v) is 6.20. The van der Waals surface area contributed by atoms with Gasteiger partial charge in [0.05, 0.1) is 13.2 Å². The molecule has 8 heteroatoms. The minimum atomic E-state index is -3.53. The van der Waals surface area contributed by atoms with Gasteiger partial charge in [-0.05, 0) is 13.3 Å². The lowest BCUT2D eigenvalue weighted by Crippen LogP contribution is -2.56. The van der Waals surface area contributed by atoms with Crippen molar-refractivity contribution < 1.29 is 27.4 Å². The summed E-state index contributed by atoms with van der Waals surface area (Å²) >= 11 is 0. The van der Waals surface area contributed by atoms with Crippen LogP contribution >= 0.6 is 0 Å². The van der Waals surface area contributed by atoms with E-state index in [1.165, 1.54) is 0 Å². The van der Waals surface area contributed by atoms with Crippen molar-refractivity contribution in [1.82, 2.24) is 0 Å². The summed E-state index contributed by atoms with van der Waals surface area (Å²) in [5, 5.41) is 0. The van der Waals surface area contributed by atoms with Crippen LogP contribution in [0.5, 0.6) is 0 Å². The number of ether oxygens (including phenoxy) is 3. The van der Waals surface area contributed by atoms with Gasteiger partial charge in [0.1, 0.15) is 0 Å². The highest BCUT2D eigenvalue weighted by molar-refractivity contribution is 7.91. The van der Waals surface area contributed by atoms with Crippen molar-refractivity contribution in [2.24, 2.45) is 5.73 Å². The van der Waals surface area contributed by atoms with Crippen LogP contribution in [-0.4, -0.2) is 51.6 Å². The average Bonchev–Trinajstić information content (AvgIpc) is 2.19. The highest BCUT2D eigenvalue weighted by atomic mass is 32.2. The fourth-order valence-corrected chi connectivity index (χ4v) is 2.86. The maximum absolute atomic E-state index is 11.5. The quantitative estimate of drug-likeness (QED) is 0.681. The van der Waals surface area contributed by atoms with Crippen LogP contribution in [0.1, 0.15) is 13.3 Å². The van der Waals surface area contributed by atoms with Crippen molar-refractivity contribution in [2.75, 3.05) is 13.4 Å². The molecule has 1 saturated heterocycles. The van der Waals surface area contributed by atoms with Gasteiger partial charge in [-0.25, -0.2) is 13.2 Å². The fourth-order valence-electron chi connectivity index (χ4n) is 1.73. The van der Waals surface area contributed by atoms with E-state index in [9.17, 15) is 13.2 Å². The first-order valence-electron chi connectivity index (χ1n) is 5.10. The van der Waals surface area contributed by atoms with Crippen molar-refractivity contribution in [1.29, 1.82) is 0 Å². The zero-order chi connectivity index (χ0) is 13.2. The van der Waals surface area contributed by atoms with Gasteiger partial charge in [-0.1, -0.05) is 0 Å². The van der Waals surface area contributed by atoms with Gasteiger partial charge >= 0.3 is 6.16 Å². The molecule has 0 spiro atoms. The summed E-state index contributed by atoms with van der Waals surface area (Å²) in [5.74, 6) is 0. The predicted molar refractivity (Wildman–Crippen MR) is 59.0 cm³/mol. The van der Waals surface area contributed by atoms with E-state index in [0.717, 1.165) is 13.4 Å². The number of hydrogen-bond acceptors (Lipinski definition) is 7. The number of methoxy groups -OCH3 is 1. The van der Waals surface area contributed by atoms with Crippen molar-refractivity contribution >= 4 is 16.0 Å². The van der Waals surface area contributed by atoms with Gasteiger partial charge < -0.3 is 19.9 Å². The van der Waals surface area contributed by atoms with E-state index < -0.39 is 33.6 Å². The second-order valence-electron chi connectivity index (χ2n) is 4.08. The van der Waals surface area contributed by atoms with Crippen molar-refractivity contribution in [3.8, 4) is 0 Å². The van der Waals surface area contributed by atoms with Gasteiger partial charge in [0.15, 0.2) is 21.4 Å². The van der Waals surface area contributed by atoms with Crippen LogP contribution in [0.25, 0.3) is 0 Å². The molecule has 0 saturated carbocycles. The first-order valence-corrected chi connectivity index (χ1v) is 7.05. The van der Waals surface area contributed by atoms with Crippen molar-refractivity contribution in [3.05, 3.63) is 0 Å². The van der Waals surface area contributed by atoms with E-state index in [-0.39, 0.29) is 6.10 Å². The smallest absolute Gasteiger partial charge is 0.438 e. The van der Waals surface area contributed by atoms with Gasteiger partial charge in [-0.3, -0.25) is 0 Å². The summed E-state index contributed by atoms with van der Waals surface area (Å²) in [5.41, 5.74) is 4.53. The lowest BCUT2D eigenvalue weighted by Gasteiger charge is -2.37. The highest BCUT2D eigenvalue weighted by Gasteiger charge is 2.44. The number of hydrogen-bond donors (Lipinski definition) is 1. The molecule has 2 N–H and O–H groups in total. The molecular formula is C9H17NO6S. The topological polar surface area (TPSA) is 105 Å². The molecular weight excluding hydrogens is 250 g/mol. The van der Waals surface area contributed by atoms with Crippen LogP contribution < -0.4 is 5.73 Å². The zero-order valence-electron chi connectivity index (χ0n) is 9.95. The predicted octanol–water partition coefficient (Wildman–Crippen LogP) is -0.355. The zero-order valence-corrected chi connectivity index (χ0v) is 10.8. The molecule has 0 aromatic rings. The molecule has 0 aromatic carbocycles. The van der Waals surface area contributed by atoms with Crippen molar-refractivity contribution in [2.45, 2.75) is 37.0 Å². The Kier molecular flexibility index (Phi) is 4.34. The second kappa shape index (κ2) is 5.19. The summed E-state index contributed by atoms with van der Waals surface area (Å²) in [4.78, 5) is 11.0. The molecule has 7 nitrogen and oxygen atoms in total. The van der Waals surface area contributed by atoms with Crippen LogP contribution in [0.2, 0.25) is 0 Å². The summed E-state index contributed by atoms with van der Waals surface area (Å²) in [7, 11) is -2.40. The van der Waals surface area contributed by atoms with Gasteiger partial charge in [0.2, 0.25) is 0 Å². The van der Waals surface area contributed by atoms with E-state index in [4.69, 9.17) is 15.2 Å². The number of sulfone groups is 1. The Bertz CT molecular complexity index is 381. The molecule has 1 rings (SSSR count). The van der Waals surface area contributed by atoms with Gasteiger partial charge in [-0.2, -0.15) is 0 Å². The molecule has 17 heavy (non-hydrogen) atoms. The lowest BCUT2D eigenvalue weighted by atomic mass is 10.0. The summed E-state index contributed by atoms with van der Waals surface area (Å²) in [6, 6.07) is -0.599. The molecule has 100 valence electrons. The van der Waals surface area contributed by atoms with Gasteiger partial charge in [0.25, 0.3) is 0 Å². The third kappa shape index (κ3) is 3.55. The molecule has 1 aliphatic heterocycles. The standard InChI is InChI=1S/C9H17NO6S/c1-5-4-6(10)7(16-9(11)14-2)8(15-5)17(3,12)13/h5-8H,4,10H2,1-3H3/t5-,6?,7-,8?/m1/s1. The Hall–Kier alpha value is -0.860. The summed E-state index contributed by atoms with van der Waals surface area (Å²) in [6.07, 6.45) is -0.905. The molecule has 2 unspecified atom stereocenters. The molecule has 0 amide bonds.